The maximum absolute atomic E-state index is 13.1. The summed E-state index contributed by atoms with van der Waals surface area (Å²) in [6.07, 6.45) is -1.55. The molecule has 2 aliphatic heterocycles. The van der Waals surface area contributed by atoms with Crippen molar-refractivity contribution in [2.75, 3.05) is 23.3 Å². The number of anilines is 3. The van der Waals surface area contributed by atoms with Crippen LogP contribution in [0.1, 0.15) is 22.5 Å². The normalized spacial score (nSPS) is 18.2. The van der Waals surface area contributed by atoms with Crippen molar-refractivity contribution in [2.24, 2.45) is 0 Å². The molecule has 4 heterocycles. The Kier molecular flexibility index (Phi) is 5.33. The zero-order valence-electron chi connectivity index (χ0n) is 17.0. The Bertz CT molecular complexity index is 1240. The number of alkyl halides is 3. The van der Waals surface area contributed by atoms with Crippen LogP contribution in [0.4, 0.5) is 35.0 Å². The van der Waals surface area contributed by atoms with Crippen molar-refractivity contribution >= 4 is 50.6 Å². The zero-order chi connectivity index (χ0) is 23.2. The van der Waals surface area contributed by atoms with Crippen LogP contribution in [-0.4, -0.2) is 42.4 Å². The van der Waals surface area contributed by atoms with E-state index in [-0.39, 0.29) is 17.6 Å². The number of urea groups is 1. The van der Waals surface area contributed by atoms with Crippen LogP contribution in [0.15, 0.2) is 36.5 Å². The number of benzene rings is 1. The fourth-order valence-corrected chi connectivity index (χ4v) is 5.07. The smallest absolute Gasteiger partial charge is 0.406 e. The Balaban J connectivity index is 1.52. The molecular formula is C21H18F3N5O3S. The van der Waals surface area contributed by atoms with Gasteiger partial charge in [0, 0.05) is 24.8 Å². The molecule has 0 aliphatic carbocycles. The molecule has 33 heavy (non-hydrogen) atoms. The first kappa shape index (κ1) is 21.5. The lowest BCUT2D eigenvalue weighted by molar-refractivity contribution is -0.274. The first-order valence-corrected chi connectivity index (χ1v) is 11.0. The predicted molar refractivity (Wildman–Crippen MR) is 117 cm³/mol. The second-order valence-corrected chi connectivity index (χ2v) is 8.64. The van der Waals surface area contributed by atoms with Gasteiger partial charge in [-0.2, -0.15) is 0 Å². The van der Waals surface area contributed by atoms with Gasteiger partial charge >= 0.3 is 12.4 Å². The molecular weight excluding hydrogens is 459 g/mol. The molecule has 3 N–H and O–H groups in total. The largest absolute Gasteiger partial charge is 0.573 e. The van der Waals surface area contributed by atoms with E-state index in [0.717, 1.165) is 42.9 Å². The molecule has 0 unspecified atom stereocenters. The number of carbonyl (C=O) groups is 2. The number of nitrogens with zero attached hydrogens (tertiary/aromatic N) is 2. The van der Waals surface area contributed by atoms with Crippen molar-refractivity contribution in [1.29, 1.82) is 0 Å². The van der Waals surface area contributed by atoms with Crippen molar-refractivity contribution in [3.05, 3.63) is 41.4 Å². The van der Waals surface area contributed by atoms with E-state index < -0.39 is 18.1 Å². The quantitative estimate of drug-likeness (QED) is 0.519. The Hall–Kier alpha value is -3.38. The van der Waals surface area contributed by atoms with Crippen LogP contribution in [0, 0.1) is 0 Å². The van der Waals surface area contributed by atoms with Gasteiger partial charge in [0.2, 0.25) is 0 Å². The average molecular weight is 477 g/mol. The summed E-state index contributed by atoms with van der Waals surface area (Å²) in [5, 5.41) is 9.51. The molecule has 1 saturated heterocycles. The number of amides is 3. The van der Waals surface area contributed by atoms with Crippen molar-refractivity contribution in [3.63, 3.8) is 0 Å². The predicted octanol–water partition coefficient (Wildman–Crippen LogP) is 4.36. The highest BCUT2D eigenvalue weighted by molar-refractivity contribution is 7.21. The molecule has 3 aromatic rings. The standard InChI is InChI=1S/C21H18F3N5O3S/c22-21(23,24)32-13-5-1-4-12(9-13)29-14-6-8-26-19-15(14)16(28-20(29)31)17(33-19)18(30)27-11-3-2-7-25-10-11/h1,4-6,8-9,11,25H,2-3,7,10H2,(H,27,30)(H,28,31)/t11-/m1/s1. The van der Waals surface area contributed by atoms with E-state index in [9.17, 15) is 22.8 Å². The Morgan fingerprint density at radius 2 is 2.15 bits per heavy atom. The van der Waals surface area contributed by atoms with Crippen LogP contribution >= 0.6 is 11.3 Å². The summed E-state index contributed by atoms with van der Waals surface area (Å²) in [7, 11) is 0. The zero-order valence-corrected chi connectivity index (χ0v) is 17.8. The van der Waals surface area contributed by atoms with E-state index in [1.807, 2.05) is 0 Å². The Morgan fingerprint density at radius 3 is 2.91 bits per heavy atom. The number of piperidine rings is 1. The molecule has 1 fully saturated rings. The van der Waals surface area contributed by atoms with Gasteiger partial charge in [-0.05, 0) is 37.6 Å². The van der Waals surface area contributed by atoms with Crippen molar-refractivity contribution in [3.8, 4) is 5.75 Å². The molecule has 172 valence electrons. The fraction of sp³-hybridized carbons (Fsp3) is 0.286. The molecule has 0 saturated carbocycles. The van der Waals surface area contributed by atoms with E-state index >= 15 is 0 Å². The van der Waals surface area contributed by atoms with Crippen LogP contribution in [-0.2, 0) is 0 Å². The molecule has 2 aromatic heterocycles. The number of aromatic nitrogens is 1. The van der Waals surface area contributed by atoms with E-state index in [4.69, 9.17) is 0 Å². The maximum atomic E-state index is 13.1. The molecule has 3 amide bonds. The minimum absolute atomic E-state index is 0.0109. The minimum atomic E-state index is -4.86. The topological polar surface area (TPSA) is 95.6 Å². The molecule has 1 atom stereocenters. The first-order chi connectivity index (χ1) is 15.8. The third-order valence-corrected chi connectivity index (χ3v) is 6.49. The number of thiophene rings is 1. The summed E-state index contributed by atoms with van der Waals surface area (Å²) >= 11 is 1.15. The minimum Gasteiger partial charge on any atom is -0.406 e. The van der Waals surface area contributed by atoms with Crippen LogP contribution in [0.5, 0.6) is 5.75 Å². The molecule has 0 bridgehead atoms. The van der Waals surface area contributed by atoms with E-state index in [1.165, 1.54) is 23.2 Å². The summed E-state index contributed by atoms with van der Waals surface area (Å²) in [6.45, 7) is 1.58. The highest BCUT2D eigenvalue weighted by Crippen LogP contribution is 2.46. The number of ether oxygens (including phenoxy) is 1. The number of rotatable bonds is 4. The lowest BCUT2D eigenvalue weighted by Crippen LogP contribution is -2.45. The monoisotopic (exact) mass is 477 g/mol. The first-order valence-electron chi connectivity index (χ1n) is 10.2. The number of pyridine rings is 1. The van der Waals surface area contributed by atoms with Gasteiger partial charge in [-0.1, -0.05) is 6.07 Å². The van der Waals surface area contributed by atoms with Gasteiger partial charge in [0.05, 0.1) is 22.4 Å². The van der Waals surface area contributed by atoms with Crippen LogP contribution < -0.4 is 25.6 Å². The third kappa shape index (κ3) is 4.18. The molecule has 12 heteroatoms. The second-order valence-electron chi connectivity index (χ2n) is 7.64. The van der Waals surface area contributed by atoms with Crippen LogP contribution in [0.25, 0.3) is 10.2 Å². The van der Waals surface area contributed by atoms with Crippen LogP contribution in [0.3, 0.4) is 0 Å². The van der Waals surface area contributed by atoms with Gasteiger partial charge in [0.15, 0.2) is 0 Å². The number of hydrogen-bond donors (Lipinski definition) is 3. The lowest BCUT2D eigenvalue weighted by atomic mass is 10.1. The Labute approximate surface area is 189 Å². The van der Waals surface area contributed by atoms with E-state index in [1.54, 1.807) is 6.07 Å². The van der Waals surface area contributed by atoms with Gasteiger partial charge in [-0.25, -0.2) is 9.78 Å². The van der Waals surface area contributed by atoms with Gasteiger partial charge in [-0.15, -0.1) is 24.5 Å². The summed E-state index contributed by atoms with van der Waals surface area (Å²) in [4.78, 5) is 32.5. The molecule has 5 rings (SSSR count). The molecule has 1 aromatic carbocycles. The molecule has 0 radical (unpaired) electrons. The third-order valence-electron chi connectivity index (χ3n) is 5.39. The maximum Gasteiger partial charge on any atom is 0.573 e. The second kappa shape index (κ2) is 8.19. The number of carbonyl (C=O) groups excluding carboxylic acids is 2. The average Bonchev–Trinajstić information content (AvgIpc) is 3.13. The van der Waals surface area contributed by atoms with Gasteiger partial charge in [-0.3, -0.25) is 9.69 Å². The summed E-state index contributed by atoms with van der Waals surface area (Å²) in [6, 6.07) is 6.11. The van der Waals surface area contributed by atoms with Crippen molar-refractivity contribution < 1.29 is 27.5 Å². The van der Waals surface area contributed by atoms with E-state index in [0.29, 0.717) is 33.0 Å². The highest BCUT2D eigenvalue weighted by atomic mass is 32.1. The summed E-state index contributed by atoms with van der Waals surface area (Å²) in [5.74, 6) is -0.752. The molecule has 2 aliphatic rings. The van der Waals surface area contributed by atoms with Gasteiger partial charge in [0.1, 0.15) is 15.5 Å². The van der Waals surface area contributed by atoms with Crippen molar-refractivity contribution in [1.82, 2.24) is 15.6 Å². The Morgan fingerprint density at radius 1 is 1.30 bits per heavy atom. The molecule has 8 nitrogen and oxygen atoms in total. The van der Waals surface area contributed by atoms with Gasteiger partial charge < -0.3 is 20.7 Å². The number of halogens is 3. The molecule has 0 spiro atoms. The SMILES string of the molecule is O=C(N[C@@H]1CCCNC1)c1sc2nccc3c2c1NC(=O)N3c1cccc(OC(F)(F)F)c1. The van der Waals surface area contributed by atoms with E-state index in [2.05, 4.69) is 25.7 Å². The lowest BCUT2D eigenvalue weighted by Gasteiger charge is -2.29. The number of hydrogen-bond acceptors (Lipinski definition) is 6. The highest BCUT2D eigenvalue weighted by Gasteiger charge is 2.34. The fourth-order valence-electron chi connectivity index (χ4n) is 4.05. The van der Waals surface area contributed by atoms with Crippen molar-refractivity contribution in [2.45, 2.75) is 25.2 Å². The summed E-state index contributed by atoms with van der Waals surface area (Å²) < 4.78 is 42.0. The summed E-state index contributed by atoms with van der Waals surface area (Å²) in [5.41, 5.74) is 0.943. The van der Waals surface area contributed by atoms with Crippen LogP contribution in [0.2, 0.25) is 0 Å². The van der Waals surface area contributed by atoms with Gasteiger partial charge in [0.25, 0.3) is 5.91 Å². The number of nitrogens with one attached hydrogen (secondary N) is 3.